The number of hydrogen-bond acceptors (Lipinski definition) is 2. The molecule has 0 heterocycles. The van der Waals surface area contributed by atoms with Crippen LogP contribution in [0.2, 0.25) is 0 Å². The molecule has 0 aliphatic heterocycles. The van der Waals surface area contributed by atoms with Crippen LogP contribution in [-0.2, 0) is 20.4 Å². The SMILES string of the molecule is Brc1cccc(-c2cccc(-c3cccc(-c4ccccc4)c3)c2)c1.Brc1cccc(-c2cccc(Br)c2)c1.OB(O)c1cccc(-c2ccccc2)c1.[Pd].c1ccc(P(c2ccccc2)c2ccccc2)cc1.c1ccc(P(c2ccccc2)c2ccccc2)cc1.c1ccc(P(c2ccccc2)c2ccccc2)cc1.c1ccc(P(c2ccccc2)c2ccccc2)cc1. The van der Waals surface area contributed by atoms with Crippen molar-refractivity contribution >= 4 is 156 Å². The zero-order chi connectivity index (χ0) is 89.4. The maximum atomic E-state index is 9.05. The molecule has 20 aromatic rings. The Bertz CT molecular complexity index is 5760. The predicted octanol–water partition coefficient (Wildman–Crippen LogP) is 27.1. The number of halogens is 3. The molecule has 0 aliphatic carbocycles. The van der Waals surface area contributed by atoms with Gasteiger partial charge < -0.3 is 10.0 Å². The monoisotopic (exact) mass is 2050 g/mol. The van der Waals surface area contributed by atoms with Crippen molar-refractivity contribution in [2.45, 2.75) is 0 Å². The Hall–Kier alpha value is -11.8. The minimum atomic E-state index is -1.41. The van der Waals surface area contributed by atoms with Gasteiger partial charge in [0, 0.05) is 33.8 Å². The molecule has 0 aromatic heterocycles. The summed E-state index contributed by atoms with van der Waals surface area (Å²) in [6, 6.07) is 199. The Morgan fingerprint density at radius 1 is 0.137 bits per heavy atom. The van der Waals surface area contributed by atoms with Gasteiger partial charge in [-0.05, 0) is 205 Å². The molecule has 0 saturated heterocycles. The molecular weight excluding hydrogens is 1950 g/mol. The number of hydrogen-bond donors (Lipinski definition) is 2. The fraction of sp³-hybridized carbons (Fsp3) is 0. The van der Waals surface area contributed by atoms with Crippen LogP contribution < -0.4 is 69.1 Å². The van der Waals surface area contributed by atoms with Gasteiger partial charge in [0.05, 0.1) is 0 Å². The molecule has 0 aliphatic rings. The van der Waals surface area contributed by atoms with Crippen LogP contribution in [0.15, 0.2) is 584 Å². The molecule has 0 unspecified atom stereocenters. The zero-order valence-electron chi connectivity index (χ0n) is 72.0. The summed E-state index contributed by atoms with van der Waals surface area (Å²) in [7, 11) is -3.19. The Balaban J connectivity index is 0.000000131. The second kappa shape index (κ2) is 52.9. The molecule has 0 saturated carbocycles. The zero-order valence-corrected chi connectivity index (χ0v) is 81.9. The average Bonchev–Trinajstić information content (AvgIpc) is 0.908. The van der Waals surface area contributed by atoms with Crippen LogP contribution in [-0.4, -0.2) is 17.2 Å². The second-order valence-electron chi connectivity index (χ2n) is 29.8. The Morgan fingerprint density at radius 3 is 0.435 bits per heavy atom. The van der Waals surface area contributed by atoms with E-state index >= 15 is 0 Å². The largest absolute Gasteiger partial charge is 0.488 e. The summed E-state index contributed by atoms with van der Waals surface area (Å²) < 4.78 is 3.31. The van der Waals surface area contributed by atoms with Crippen LogP contribution in [0, 0.1) is 0 Å². The van der Waals surface area contributed by atoms with Gasteiger partial charge in [0.1, 0.15) is 0 Å². The summed E-state index contributed by atoms with van der Waals surface area (Å²) in [5.74, 6) is 0. The van der Waals surface area contributed by atoms with Gasteiger partial charge in [0.2, 0.25) is 0 Å². The third kappa shape index (κ3) is 29.6. The van der Waals surface area contributed by atoms with E-state index in [1.807, 2.05) is 66.7 Å². The van der Waals surface area contributed by atoms with Gasteiger partial charge >= 0.3 is 7.12 Å². The van der Waals surface area contributed by atoms with Crippen LogP contribution in [0.3, 0.4) is 0 Å². The topological polar surface area (TPSA) is 40.5 Å². The third-order valence-electron chi connectivity index (χ3n) is 20.8. The van der Waals surface area contributed by atoms with Crippen LogP contribution in [0.4, 0.5) is 0 Å². The van der Waals surface area contributed by atoms with Crippen LogP contribution in [0.1, 0.15) is 0 Å². The molecule has 131 heavy (non-hydrogen) atoms. The first-order valence-corrected chi connectivity index (χ1v) is 50.7. The van der Waals surface area contributed by atoms with Gasteiger partial charge in [-0.25, -0.2) is 0 Å². The van der Waals surface area contributed by atoms with Gasteiger partial charge in [-0.1, -0.05) is 569 Å². The summed E-state index contributed by atoms with van der Waals surface area (Å²) in [6.45, 7) is 0. The van der Waals surface area contributed by atoms with E-state index in [0.29, 0.717) is 5.46 Å². The minimum absolute atomic E-state index is 0. The average molecular weight is 2050 g/mol. The minimum Gasteiger partial charge on any atom is -0.423 e. The standard InChI is InChI=1S/C24H17Br.4C18H15P.C12H11BO2.C12H8Br2.Pd/c25-24-14-6-13-23(17-24)22-12-5-11-21(16-22)20-10-4-9-19(15-20)18-7-2-1-3-8-18;4*1-4-10-16(11-5-1)19(17-12-6-2-7-13-17)18-14-8-3-9-15-18;14-13(15)12-8-4-7-11(9-12)10-5-2-1-3-6-10;13-11-5-1-3-9(7-11)10-4-2-6-12(14)8-10;/h1-17H;4*1-15H;1-9,14-15H;1-8H;. The predicted molar refractivity (Wildman–Crippen MR) is 580 cm³/mol. The van der Waals surface area contributed by atoms with Crippen molar-refractivity contribution in [3.05, 3.63) is 584 Å². The van der Waals surface area contributed by atoms with E-state index in [9.17, 15) is 0 Å². The van der Waals surface area contributed by atoms with E-state index in [1.54, 1.807) is 12.1 Å². The fourth-order valence-electron chi connectivity index (χ4n) is 14.6. The Morgan fingerprint density at radius 2 is 0.267 bits per heavy atom. The van der Waals surface area contributed by atoms with Gasteiger partial charge in [-0.3, -0.25) is 0 Å². The van der Waals surface area contributed by atoms with E-state index in [1.165, 1.54) is 108 Å². The van der Waals surface area contributed by atoms with Crippen LogP contribution in [0.5, 0.6) is 0 Å². The van der Waals surface area contributed by atoms with Crippen molar-refractivity contribution in [2.75, 3.05) is 0 Å². The summed E-state index contributed by atoms with van der Waals surface area (Å²) in [6.07, 6.45) is 0. The first-order valence-electron chi connectivity index (χ1n) is 43.0. The molecular formula is C120H96BBr3O2P4Pd. The molecule has 642 valence electrons. The van der Waals surface area contributed by atoms with E-state index < -0.39 is 38.8 Å². The molecule has 20 aromatic carbocycles. The van der Waals surface area contributed by atoms with E-state index in [0.717, 1.165) is 24.5 Å². The third-order valence-corrected chi connectivity index (χ3v) is 32.0. The quantitative estimate of drug-likeness (QED) is 0.0664. The summed E-state index contributed by atoms with van der Waals surface area (Å²) >= 11 is 10.5. The Kier molecular flexibility index (Phi) is 39.1. The van der Waals surface area contributed by atoms with E-state index in [2.05, 4.69) is 539 Å². The van der Waals surface area contributed by atoms with Crippen molar-refractivity contribution < 1.29 is 30.5 Å². The Labute approximate surface area is 817 Å². The van der Waals surface area contributed by atoms with E-state index in [4.69, 9.17) is 10.0 Å². The molecule has 11 heteroatoms. The maximum Gasteiger partial charge on any atom is 0.488 e. The molecule has 2 nitrogen and oxygen atoms in total. The van der Waals surface area contributed by atoms with Gasteiger partial charge in [0.15, 0.2) is 0 Å². The molecule has 0 bridgehead atoms. The molecule has 0 radical (unpaired) electrons. The maximum absolute atomic E-state index is 9.05. The first kappa shape index (κ1) is 96.8. The molecule has 0 spiro atoms. The fourth-order valence-corrected chi connectivity index (χ4v) is 25.0. The number of benzene rings is 20. The second-order valence-corrected chi connectivity index (χ2v) is 41.4. The van der Waals surface area contributed by atoms with Crippen LogP contribution >= 0.6 is 79.5 Å². The summed E-state index contributed by atoms with van der Waals surface area (Å²) in [4.78, 5) is 0. The van der Waals surface area contributed by atoms with Crippen molar-refractivity contribution in [2.24, 2.45) is 0 Å². The smallest absolute Gasteiger partial charge is 0.423 e. The molecule has 0 atom stereocenters. The number of rotatable bonds is 18. The molecule has 0 amide bonds. The van der Waals surface area contributed by atoms with Crippen LogP contribution in [0.25, 0.3) is 55.6 Å². The van der Waals surface area contributed by atoms with Crippen molar-refractivity contribution in [3.63, 3.8) is 0 Å². The summed E-state index contributed by atoms with van der Waals surface area (Å²) in [5, 5.41) is 34.9. The van der Waals surface area contributed by atoms with Gasteiger partial charge in [-0.2, -0.15) is 0 Å². The molecule has 2 N–H and O–H groups in total. The van der Waals surface area contributed by atoms with Gasteiger partial charge in [0.25, 0.3) is 0 Å². The van der Waals surface area contributed by atoms with Crippen molar-refractivity contribution in [1.82, 2.24) is 0 Å². The van der Waals surface area contributed by atoms with Crippen molar-refractivity contribution in [1.29, 1.82) is 0 Å². The summed E-state index contributed by atoms with van der Waals surface area (Å²) in [5.41, 5.74) is 12.4. The van der Waals surface area contributed by atoms with E-state index in [-0.39, 0.29) is 20.4 Å². The van der Waals surface area contributed by atoms with Crippen molar-refractivity contribution in [3.8, 4) is 55.6 Å². The molecule has 0 fully saturated rings. The normalized spacial score (nSPS) is 10.4. The van der Waals surface area contributed by atoms with Gasteiger partial charge in [-0.15, -0.1) is 0 Å². The molecule has 20 rings (SSSR count). The first-order chi connectivity index (χ1) is 64.1.